The Morgan fingerprint density at radius 2 is 1.94 bits per heavy atom. The summed E-state index contributed by atoms with van der Waals surface area (Å²) in [7, 11) is -3.88. The number of rotatable bonds is 6. The Hall–Kier alpha value is -3.66. The number of nitrogens with one attached hydrogen (secondary N) is 3. The fraction of sp³-hybridized carbons (Fsp3) is 0.639. The number of sulfonamides is 1. The molecule has 0 radical (unpaired) electrons. The minimum atomic E-state index is -3.88. The first kappa shape index (κ1) is 36.7. The van der Waals surface area contributed by atoms with E-state index in [9.17, 15) is 32.0 Å². The molecule has 3 fully saturated rings. The quantitative estimate of drug-likeness (QED) is 0.369. The Balaban J connectivity index is 1.13. The number of thioether (sulfide) groups is 1. The summed E-state index contributed by atoms with van der Waals surface area (Å²) in [6, 6.07) is 2.88. The van der Waals surface area contributed by atoms with Gasteiger partial charge in [0.1, 0.15) is 29.5 Å². The van der Waals surface area contributed by atoms with Crippen molar-refractivity contribution in [3.05, 3.63) is 47.3 Å². The summed E-state index contributed by atoms with van der Waals surface area (Å²) in [6.45, 7) is 5.04. The van der Waals surface area contributed by atoms with Crippen molar-refractivity contribution in [1.82, 2.24) is 25.2 Å². The fourth-order valence-corrected chi connectivity index (χ4v) is 9.97. The minimum Gasteiger partial charge on any atom is -0.444 e. The van der Waals surface area contributed by atoms with E-state index < -0.39 is 68.6 Å². The number of allylic oxidation sites excluding steroid dienone is 1. The van der Waals surface area contributed by atoms with Crippen LogP contribution in [0, 0.1) is 17.7 Å². The molecule has 6 aliphatic rings. The number of carbonyl (C=O) groups is 4. The number of hydrogen-bond donors (Lipinski definition) is 3. The van der Waals surface area contributed by atoms with E-state index >= 15 is 0 Å². The molecule has 1 saturated heterocycles. The summed E-state index contributed by atoms with van der Waals surface area (Å²) in [5, 5.41) is 6.56. The fourth-order valence-electron chi connectivity index (χ4n) is 7.54. The maximum absolute atomic E-state index is 14.5. The molecule has 2 aliphatic carbocycles. The normalized spacial score (nSPS) is 31.4. The van der Waals surface area contributed by atoms with Gasteiger partial charge in [0.05, 0.1) is 24.9 Å². The lowest BCUT2D eigenvalue weighted by Gasteiger charge is -2.30. The van der Waals surface area contributed by atoms with Gasteiger partial charge in [-0.3, -0.25) is 29.0 Å². The van der Waals surface area contributed by atoms with Crippen LogP contribution in [0.3, 0.4) is 0 Å². The molecule has 1 unspecified atom stereocenters. The van der Waals surface area contributed by atoms with Crippen molar-refractivity contribution in [2.75, 3.05) is 13.1 Å². The molecule has 13 nitrogen and oxygen atoms in total. The number of aliphatic imine (C=N–C) groups is 1. The lowest BCUT2D eigenvalue weighted by Crippen LogP contribution is -2.58. The van der Waals surface area contributed by atoms with Crippen molar-refractivity contribution in [3.63, 3.8) is 0 Å². The molecular formula is C36H47FN6O7S2. The van der Waals surface area contributed by atoms with E-state index in [0.717, 1.165) is 25.7 Å². The maximum atomic E-state index is 14.5. The minimum absolute atomic E-state index is 0.0329. The average Bonchev–Trinajstić information content (AvgIpc) is 3.89. The molecule has 4 aliphatic heterocycles. The lowest BCUT2D eigenvalue weighted by atomic mass is 10.1. The van der Waals surface area contributed by atoms with Crippen LogP contribution >= 0.6 is 11.8 Å². The Morgan fingerprint density at radius 3 is 2.67 bits per heavy atom. The van der Waals surface area contributed by atoms with Crippen LogP contribution in [-0.2, 0) is 42.2 Å². The first-order valence-corrected chi connectivity index (χ1v) is 20.8. The number of hydrogen-bond acceptors (Lipinski definition) is 10. The topological polar surface area (TPSA) is 167 Å². The largest absolute Gasteiger partial charge is 0.444 e. The maximum Gasteiger partial charge on any atom is 0.410 e. The van der Waals surface area contributed by atoms with E-state index in [-0.39, 0.29) is 43.6 Å². The van der Waals surface area contributed by atoms with Gasteiger partial charge in [-0.05, 0) is 56.1 Å². The number of fused-ring (bicyclic) bond motifs is 3. The highest BCUT2D eigenvalue weighted by molar-refractivity contribution is 8.14. The van der Waals surface area contributed by atoms with Crippen LogP contribution in [0.1, 0.15) is 82.8 Å². The van der Waals surface area contributed by atoms with Gasteiger partial charge < -0.3 is 20.3 Å². The van der Waals surface area contributed by atoms with Gasteiger partial charge in [-0.25, -0.2) is 17.6 Å². The van der Waals surface area contributed by atoms with Gasteiger partial charge >= 0.3 is 6.09 Å². The van der Waals surface area contributed by atoms with Crippen molar-refractivity contribution in [1.29, 1.82) is 0 Å². The second-order valence-corrected chi connectivity index (χ2v) is 18.4. The van der Waals surface area contributed by atoms with Crippen molar-refractivity contribution in [3.8, 4) is 0 Å². The van der Waals surface area contributed by atoms with Crippen molar-refractivity contribution < 1.29 is 36.7 Å². The summed E-state index contributed by atoms with van der Waals surface area (Å²) in [5.74, 6) is -2.20. The van der Waals surface area contributed by atoms with Gasteiger partial charge in [0.15, 0.2) is 5.17 Å². The monoisotopic (exact) mass is 758 g/mol. The smallest absolute Gasteiger partial charge is 0.410 e. The number of benzene rings is 1. The van der Waals surface area contributed by atoms with E-state index in [4.69, 9.17) is 4.74 Å². The Bertz CT molecular complexity index is 1790. The lowest BCUT2D eigenvalue weighted by molar-refractivity contribution is -0.141. The number of amides is 4. The van der Waals surface area contributed by atoms with Crippen molar-refractivity contribution in [2.45, 2.75) is 119 Å². The number of nitrogens with zero attached hydrogens (tertiary/aromatic N) is 3. The molecule has 6 atom stereocenters. The summed E-state index contributed by atoms with van der Waals surface area (Å²) >= 11 is 1.60. The highest BCUT2D eigenvalue weighted by atomic mass is 32.2. The van der Waals surface area contributed by atoms with Gasteiger partial charge in [0.2, 0.25) is 21.8 Å². The van der Waals surface area contributed by atoms with E-state index in [1.807, 2.05) is 12.2 Å². The van der Waals surface area contributed by atoms with Gasteiger partial charge in [-0.15, -0.1) is 0 Å². The van der Waals surface area contributed by atoms with Crippen LogP contribution in [-0.4, -0.2) is 94.5 Å². The highest BCUT2D eigenvalue weighted by Gasteiger charge is 2.62. The molecule has 16 heteroatoms. The molecule has 0 spiro atoms. The third-order valence-electron chi connectivity index (χ3n) is 11.0. The number of carbonyl (C=O) groups excluding carboxylic acids is 4. The Kier molecular flexibility index (Phi) is 10.3. The summed E-state index contributed by atoms with van der Waals surface area (Å²) in [5.41, 5.74) is -0.384. The van der Waals surface area contributed by atoms with E-state index in [2.05, 4.69) is 34.2 Å². The first-order valence-electron chi connectivity index (χ1n) is 18.4. The zero-order valence-electron chi connectivity index (χ0n) is 29.5. The Morgan fingerprint density at radius 1 is 1.13 bits per heavy atom. The molecule has 1 aromatic carbocycles. The number of halogens is 1. The summed E-state index contributed by atoms with van der Waals surface area (Å²) < 4.78 is 48.1. The summed E-state index contributed by atoms with van der Waals surface area (Å²) in [6.07, 6.45) is 7.10. The molecular weight excluding hydrogens is 712 g/mol. The second-order valence-electron chi connectivity index (χ2n) is 15.2. The first-order chi connectivity index (χ1) is 24.8. The van der Waals surface area contributed by atoms with Gasteiger partial charge in [-0.1, -0.05) is 62.7 Å². The van der Waals surface area contributed by atoms with E-state index in [1.165, 1.54) is 15.9 Å². The van der Waals surface area contributed by atoms with Crippen LogP contribution < -0.4 is 15.4 Å². The van der Waals surface area contributed by atoms with Crippen LogP contribution in [0.5, 0.6) is 0 Å². The van der Waals surface area contributed by atoms with E-state index in [0.29, 0.717) is 48.0 Å². The molecule has 0 bridgehead atoms. The molecule has 3 N–H and O–H groups in total. The van der Waals surface area contributed by atoms with Crippen LogP contribution in [0.2, 0.25) is 0 Å². The molecule has 282 valence electrons. The van der Waals surface area contributed by atoms with Gasteiger partial charge in [-0.2, -0.15) is 0 Å². The van der Waals surface area contributed by atoms with E-state index in [1.54, 1.807) is 23.9 Å². The molecule has 4 heterocycles. The molecule has 52 heavy (non-hydrogen) atoms. The van der Waals surface area contributed by atoms with Crippen LogP contribution in [0.15, 0.2) is 35.3 Å². The average molecular weight is 759 g/mol. The number of ether oxygens (including phenoxy) is 1. The molecule has 4 amide bonds. The predicted molar refractivity (Wildman–Crippen MR) is 193 cm³/mol. The van der Waals surface area contributed by atoms with Crippen molar-refractivity contribution >= 4 is 50.8 Å². The van der Waals surface area contributed by atoms with Gasteiger partial charge in [0.25, 0.3) is 5.91 Å². The van der Waals surface area contributed by atoms with Crippen molar-refractivity contribution in [2.24, 2.45) is 16.8 Å². The summed E-state index contributed by atoms with van der Waals surface area (Å²) in [4.78, 5) is 63.3. The molecule has 7 rings (SSSR count). The van der Waals surface area contributed by atoms with Crippen LogP contribution in [0.25, 0.3) is 0 Å². The zero-order chi connectivity index (χ0) is 36.8. The third kappa shape index (κ3) is 7.68. The number of amidine groups is 1. The standard InChI is InChI=1S/C36H47FN6O7S2/c1-21(2)30-17-38-34(51-30)39-28-12-7-5-3-4-6-10-23-16-36(23,33(46)41-52(48,49)25-13-14-25)40-31(44)29-15-24(19-43(29)32(28)45)50-35(47)42-18-22-9-8-11-27(37)26(22)20-42/h6,8-11,21,23-25,28-30H,3-5,7,12-20H2,1-2H3,(H,38,39)(H,40,44)(H,41,46)/b10-6-/t23-,24-,28+,29+,30?,36-/m1/s1. The van der Waals surface area contributed by atoms with Gasteiger partial charge in [0, 0.05) is 29.7 Å². The highest BCUT2D eigenvalue weighted by Crippen LogP contribution is 2.46. The Labute approximate surface area is 308 Å². The zero-order valence-corrected chi connectivity index (χ0v) is 31.1. The third-order valence-corrected chi connectivity index (χ3v) is 14.3. The molecule has 2 saturated carbocycles. The second kappa shape index (κ2) is 14.6. The molecule has 0 aromatic heterocycles. The SMILES string of the molecule is CC(C)C1CN=C(N[C@H]2CCCCC/C=C\[C@@H]3C[C@@]3(C(=O)NS(=O)(=O)C3CC3)NC(=O)[C@@H]3C[C@@H](OC(=O)N4Cc5cccc(F)c5C4)CN3C2=O)S1. The molecule has 1 aromatic rings. The van der Waals surface area contributed by atoms with Crippen LogP contribution in [0.4, 0.5) is 9.18 Å². The predicted octanol–water partition coefficient (Wildman–Crippen LogP) is 3.34.